The second-order valence-electron chi connectivity index (χ2n) is 8.32. The highest BCUT2D eigenvalue weighted by Gasteiger charge is 2.18. The number of ether oxygens (including phenoxy) is 1. The molecule has 2 aromatic carbocycles. The molecule has 0 amide bonds. The van der Waals surface area contributed by atoms with E-state index in [1.807, 2.05) is 25.1 Å². The van der Waals surface area contributed by atoms with Crippen LogP contribution in [0.5, 0.6) is 5.75 Å². The number of H-pyrrole nitrogens is 2. The number of imidazole rings is 1. The minimum absolute atomic E-state index is 0.199. The lowest BCUT2D eigenvalue weighted by molar-refractivity contribution is 0.191. The zero-order chi connectivity index (χ0) is 24.5. The lowest BCUT2D eigenvalue weighted by Crippen LogP contribution is -2.19. The van der Waals surface area contributed by atoms with Gasteiger partial charge in [-0.2, -0.15) is 0 Å². The van der Waals surface area contributed by atoms with E-state index in [4.69, 9.17) is 9.72 Å². The number of halogens is 1. The molecular formula is C25H25BrN6O3. The van der Waals surface area contributed by atoms with E-state index in [9.17, 15) is 9.90 Å². The summed E-state index contributed by atoms with van der Waals surface area (Å²) in [6, 6.07) is 11.2. The van der Waals surface area contributed by atoms with Gasteiger partial charge in [-0.1, -0.05) is 6.07 Å². The number of aliphatic hydroxyl groups is 1. The lowest BCUT2D eigenvalue weighted by atomic mass is 10.1. The largest absolute Gasteiger partial charge is 0.496 e. The maximum atomic E-state index is 12.8. The number of nitrogens with zero attached hydrogens (tertiary/aromatic N) is 2. The van der Waals surface area contributed by atoms with Crippen LogP contribution in [0.1, 0.15) is 22.8 Å². The molecule has 1 atom stereocenters. The molecule has 0 saturated carbocycles. The van der Waals surface area contributed by atoms with Crippen LogP contribution >= 0.6 is 15.9 Å². The van der Waals surface area contributed by atoms with E-state index < -0.39 is 6.10 Å². The number of benzene rings is 2. The lowest BCUT2D eigenvalue weighted by Gasteiger charge is -2.16. The summed E-state index contributed by atoms with van der Waals surface area (Å²) in [5.41, 5.74) is 4.96. The number of nitrogens with one attached hydrogen (secondary N) is 4. The minimum Gasteiger partial charge on any atom is -0.496 e. The third-order valence-electron chi connectivity index (χ3n) is 5.97. The molecular weight excluding hydrogens is 512 g/mol. The zero-order valence-electron chi connectivity index (χ0n) is 19.3. The maximum absolute atomic E-state index is 12.8. The van der Waals surface area contributed by atoms with Crippen LogP contribution < -0.4 is 20.9 Å². The van der Waals surface area contributed by atoms with Crippen LogP contribution in [-0.2, 0) is 0 Å². The van der Waals surface area contributed by atoms with Crippen molar-refractivity contribution in [2.75, 3.05) is 32.1 Å². The van der Waals surface area contributed by atoms with Crippen molar-refractivity contribution in [3.8, 4) is 17.1 Å². The first-order chi connectivity index (χ1) is 16.9. The molecule has 0 aliphatic carbocycles. The molecule has 10 heteroatoms. The second kappa shape index (κ2) is 9.55. The topological polar surface area (TPSA) is 127 Å². The molecule has 5 rings (SSSR count). The molecule has 35 heavy (non-hydrogen) atoms. The van der Waals surface area contributed by atoms with E-state index in [1.54, 1.807) is 31.5 Å². The van der Waals surface area contributed by atoms with E-state index >= 15 is 0 Å². The highest BCUT2D eigenvalue weighted by Crippen LogP contribution is 2.30. The van der Waals surface area contributed by atoms with Crippen molar-refractivity contribution in [3.63, 3.8) is 0 Å². The van der Waals surface area contributed by atoms with Crippen LogP contribution in [0, 0.1) is 6.92 Å². The van der Waals surface area contributed by atoms with Crippen molar-refractivity contribution in [2.45, 2.75) is 13.0 Å². The molecule has 1 unspecified atom stereocenters. The van der Waals surface area contributed by atoms with Crippen molar-refractivity contribution < 1.29 is 9.84 Å². The minimum atomic E-state index is -0.801. The molecule has 9 nitrogen and oxygen atoms in total. The second-order valence-corrected chi connectivity index (χ2v) is 9.17. The standard InChI is InChI=1S/C25H25BrN6O3/c1-13-9-15(23-27-7-8-28-23)11-18-22(13)32-24(31-18)21-17(5-6-29-25(21)34)30-12-19(33)14-3-4-20(35-2)16(26)10-14/h3-6,9-11,19,33H,7-8,12H2,1-2H3,(H,27,28)(H,31,32)(H2,29,30,34). The van der Waals surface area contributed by atoms with Crippen molar-refractivity contribution >= 4 is 38.5 Å². The predicted molar refractivity (Wildman–Crippen MR) is 140 cm³/mol. The highest BCUT2D eigenvalue weighted by molar-refractivity contribution is 9.10. The van der Waals surface area contributed by atoms with E-state index in [0.29, 0.717) is 28.4 Å². The Bertz CT molecular complexity index is 1490. The van der Waals surface area contributed by atoms with E-state index in [-0.39, 0.29) is 12.1 Å². The van der Waals surface area contributed by atoms with Gasteiger partial charge in [-0.25, -0.2) is 4.98 Å². The molecule has 1 aliphatic rings. The van der Waals surface area contributed by atoms with E-state index in [1.165, 1.54) is 0 Å². The molecule has 4 aromatic rings. The quantitative estimate of drug-likeness (QED) is 0.246. The van der Waals surface area contributed by atoms with Crippen LogP contribution in [0.4, 0.5) is 5.69 Å². The van der Waals surface area contributed by atoms with Gasteiger partial charge in [0.1, 0.15) is 23.0 Å². The molecule has 2 aromatic heterocycles. The third-order valence-corrected chi connectivity index (χ3v) is 6.59. The molecule has 0 bridgehead atoms. The van der Waals surface area contributed by atoms with Crippen LogP contribution in [0.25, 0.3) is 22.4 Å². The molecule has 180 valence electrons. The van der Waals surface area contributed by atoms with Crippen LogP contribution in [0.15, 0.2) is 56.9 Å². The number of aliphatic hydroxyl groups excluding tert-OH is 1. The molecule has 0 saturated heterocycles. The Morgan fingerprint density at radius 1 is 1.26 bits per heavy atom. The monoisotopic (exact) mass is 536 g/mol. The van der Waals surface area contributed by atoms with E-state index in [0.717, 1.165) is 45.6 Å². The first kappa shape index (κ1) is 23.1. The fourth-order valence-electron chi connectivity index (χ4n) is 4.21. The SMILES string of the molecule is COc1ccc(C(O)CNc2cc[nH]c(=O)c2-c2nc3c(C)cc(C4=NCCN4)cc3[nH]2)cc1Br. The summed E-state index contributed by atoms with van der Waals surface area (Å²) in [4.78, 5) is 28.1. The molecule has 0 fully saturated rings. The van der Waals surface area contributed by atoms with Crippen LogP contribution in [0.2, 0.25) is 0 Å². The smallest absolute Gasteiger partial charge is 0.261 e. The Morgan fingerprint density at radius 2 is 2.11 bits per heavy atom. The number of aliphatic imine (C=N–C) groups is 1. The molecule has 5 N–H and O–H groups in total. The molecule has 3 heterocycles. The number of aryl methyl sites for hydroxylation is 1. The zero-order valence-corrected chi connectivity index (χ0v) is 20.9. The molecule has 0 radical (unpaired) electrons. The summed E-state index contributed by atoms with van der Waals surface area (Å²) in [5.74, 6) is 2.00. The van der Waals surface area contributed by atoms with Gasteiger partial charge in [0.15, 0.2) is 0 Å². The number of rotatable bonds is 7. The van der Waals surface area contributed by atoms with E-state index in [2.05, 4.69) is 41.5 Å². The highest BCUT2D eigenvalue weighted by atomic mass is 79.9. The Labute approximate surface area is 209 Å². The van der Waals surface area contributed by atoms with Crippen LogP contribution in [0.3, 0.4) is 0 Å². The fraction of sp³-hybridized carbons (Fsp3) is 0.240. The molecule has 1 aliphatic heterocycles. The number of methoxy groups -OCH3 is 1. The predicted octanol–water partition coefficient (Wildman–Crippen LogP) is 3.49. The van der Waals surface area contributed by atoms with Crippen LogP contribution in [-0.4, -0.2) is 52.6 Å². The van der Waals surface area contributed by atoms with Gasteiger partial charge in [-0.3, -0.25) is 9.79 Å². The average Bonchev–Trinajstić information content (AvgIpc) is 3.53. The first-order valence-corrected chi connectivity index (χ1v) is 12.0. The van der Waals surface area contributed by atoms with Gasteiger partial charge in [0, 0.05) is 24.8 Å². The summed E-state index contributed by atoms with van der Waals surface area (Å²) < 4.78 is 6.01. The van der Waals surface area contributed by atoms with Crippen molar-refractivity contribution in [1.29, 1.82) is 0 Å². The van der Waals surface area contributed by atoms with Crippen molar-refractivity contribution in [1.82, 2.24) is 20.3 Å². The number of pyridine rings is 1. The third kappa shape index (κ3) is 4.54. The molecule has 0 spiro atoms. The number of hydrogen-bond acceptors (Lipinski definition) is 7. The van der Waals surface area contributed by atoms with Crippen molar-refractivity contribution in [3.05, 3.63) is 74.1 Å². The number of aromatic nitrogens is 3. The van der Waals surface area contributed by atoms with Gasteiger partial charge in [0.2, 0.25) is 0 Å². The summed E-state index contributed by atoms with van der Waals surface area (Å²) in [5, 5.41) is 17.2. The number of amidine groups is 1. The Hall–Kier alpha value is -3.63. The van der Waals surface area contributed by atoms with Crippen molar-refractivity contribution in [2.24, 2.45) is 4.99 Å². The van der Waals surface area contributed by atoms with Gasteiger partial charge in [-0.05, 0) is 64.3 Å². The van der Waals surface area contributed by atoms with Gasteiger partial charge in [-0.15, -0.1) is 0 Å². The summed E-state index contributed by atoms with van der Waals surface area (Å²) in [7, 11) is 1.59. The Morgan fingerprint density at radius 3 is 2.86 bits per heavy atom. The van der Waals surface area contributed by atoms with Gasteiger partial charge in [0.25, 0.3) is 5.56 Å². The van der Waals surface area contributed by atoms with Gasteiger partial charge < -0.3 is 30.4 Å². The Balaban J connectivity index is 1.45. The summed E-state index contributed by atoms with van der Waals surface area (Å²) >= 11 is 3.45. The van der Waals surface area contributed by atoms with Gasteiger partial charge in [0.05, 0.1) is 41.0 Å². The Kier molecular flexibility index (Phi) is 6.31. The first-order valence-electron chi connectivity index (χ1n) is 11.2. The number of hydrogen-bond donors (Lipinski definition) is 5. The summed E-state index contributed by atoms with van der Waals surface area (Å²) in [6.07, 6.45) is 0.768. The number of fused-ring (bicyclic) bond motifs is 1. The normalized spacial score (nSPS) is 14.0. The average molecular weight is 537 g/mol. The number of anilines is 1. The maximum Gasteiger partial charge on any atom is 0.261 e. The van der Waals surface area contributed by atoms with Gasteiger partial charge >= 0.3 is 0 Å². The summed E-state index contributed by atoms with van der Waals surface area (Å²) in [6.45, 7) is 3.77. The fourth-order valence-corrected chi connectivity index (χ4v) is 4.77. The number of aromatic amines is 2.